The van der Waals surface area contributed by atoms with Crippen molar-refractivity contribution in [3.8, 4) is 5.75 Å². The Balaban J connectivity index is 1.53. The highest BCUT2D eigenvalue weighted by Gasteiger charge is 2.24. The second kappa shape index (κ2) is 12.1. The van der Waals surface area contributed by atoms with E-state index in [-0.39, 0.29) is 0 Å². The van der Waals surface area contributed by atoms with Gasteiger partial charge in [0.1, 0.15) is 12.4 Å². The highest BCUT2D eigenvalue weighted by atomic mass is 35.5. The van der Waals surface area contributed by atoms with E-state index in [4.69, 9.17) is 16.3 Å². The molecule has 0 unspecified atom stereocenters. The third-order valence-electron chi connectivity index (χ3n) is 7.02. The Hall–Kier alpha value is -2.86. The first-order valence-corrected chi connectivity index (χ1v) is 13.5. The molecule has 4 rings (SSSR count). The van der Waals surface area contributed by atoms with E-state index in [0.717, 1.165) is 77.9 Å². The fourth-order valence-corrected chi connectivity index (χ4v) is 4.89. The quantitative estimate of drug-likeness (QED) is 0.330. The van der Waals surface area contributed by atoms with Crippen molar-refractivity contribution in [1.29, 1.82) is 0 Å². The van der Waals surface area contributed by atoms with Crippen molar-refractivity contribution >= 4 is 22.9 Å². The molecule has 0 radical (unpaired) electrons. The van der Waals surface area contributed by atoms with Crippen molar-refractivity contribution in [2.24, 2.45) is 0 Å². The number of halogens is 1. The fraction of sp³-hybridized carbons (Fsp3) is 0.387. The van der Waals surface area contributed by atoms with Gasteiger partial charge >= 0.3 is 0 Å². The highest BCUT2D eigenvalue weighted by Crippen LogP contribution is 2.38. The molecule has 196 valence electrons. The van der Waals surface area contributed by atoms with Gasteiger partial charge in [0.2, 0.25) is 0 Å². The lowest BCUT2D eigenvalue weighted by molar-refractivity contribution is 0.0785. The number of anilines is 1. The SMILES string of the molecule is CCN(CC/C=C1\c2cc(C(C)(C)O)ccc2OCc2ncccc21)CCN(CC)c1ccc(Cl)cc1. The second-order valence-electron chi connectivity index (χ2n) is 9.95. The number of fused-ring (bicyclic) bond motifs is 2. The smallest absolute Gasteiger partial charge is 0.131 e. The normalized spacial score (nSPS) is 14.2. The zero-order chi connectivity index (χ0) is 26.4. The predicted molar refractivity (Wildman–Crippen MR) is 153 cm³/mol. The molecule has 1 aliphatic heterocycles. The topological polar surface area (TPSA) is 48.8 Å². The molecule has 6 heteroatoms. The van der Waals surface area contributed by atoms with Gasteiger partial charge in [-0.2, -0.15) is 0 Å². The van der Waals surface area contributed by atoms with Gasteiger partial charge in [-0.3, -0.25) is 4.98 Å². The molecule has 2 heterocycles. The molecule has 1 aliphatic rings. The third kappa shape index (κ3) is 6.72. The molecule has 0 saturated heterocycles. The van der Waals surface area contributed by atoms with Crippen molar-refractivity contribution in [3.05, 3.63) is 94.3 Å². The Labute approximate surface area is 226 Å². The lowest BCUT2D eigenvalue weighted by Crippen LogP contribution is -2.35. The largest absolute Gasteiger partial charge is 0.487 e. The van der Waals surface area contributed by atoms with Crippen LogP contribution in [0.15, 0.2) is 66.9 Å². The van der Waals surface area contributed by atoms with Crippen molar-refractivity contribution in [2.45, 2.75) is 46.3 Å². The standard InChI is InChI=1S/C31H38ClN3O2/c1-5-34(19-20-35(6-2)25-14-12-24(32)13-15-25)18-8-10-26-27-9-7-17-33-29(27)22-37-30-16-11-23(21-28(26)30)31(3,4)36/h7,9-17,21,36H,5-6,8,18-20,22H2,1-4H3/b26-10-. The van der Waals surface area contributed by atoms with E-state index < -0.39 is 5.60 Å². The number of ether oxygens (including phenoxy) is 1. The molecule has 0 saturated carbocycles. The van der Waals surface area contributed by atoms with Gasteiger partial charge in [-0.1, -0.05) is 36.7 Å². The first-order chi connectivity index (χ1) is 17.8. The summed E-state index contributed by atoms with van der Waals surface area (Å²) in [6.07, 6.45) is 5.02. The van der Waals surface area contributed by atoms with Crippen molar-refractivity contribution in [3.63, 3.8) is 0 Å². The number of benzene rings is 2. The predicted octanol–water partition coefficient (Wildman–Crippen LogP) is 6.53. The Kier molecular flexibility index (Phi) is 8.91. The number of aromatic nitrogens is 1. The van der Waals surface area contributed by atoms with Crippen molar-refractivity contribution in [2.75, 3.05) is 37.6 Å². The number of hydrogen-bond acceptors (Lipinski definition) is 5. The van der Waals surface area contributed by atoms with Crippen LogP contribution in [0, 0.1) is 0 Å². The zero-order valence-corrected chi connectivity index (χ0v) is 23.1. The second-order valence-corrected chi connectivity index (χ2v) is 10.4. The van der Waals surface area contributed by atoms with Gasteiger partial charge in [0.15, 0.2) is 0 Å². The van der Waals surface area contributed by atoms with Gasteiger partial charge in [0, 0.05) is 54.2 Å². The van der Waals surface area contributed by atoms with E-state index in [2.05, 4.69) is 59.0 Å². The van der Waals surface area contributed by atoms with Crippen LogP contribution < -0.4 is 9.64 Å². The molecule has 0 atom stereocenters. The number of likely N-dealkylation sites (N-methyl/N-ethyl adjacent to an activating group) is 2. The molecular formula is C31H38ClN3O2. The van der Waals surface area contributed by atoms with Gasteiger partial charge in [0.05, 0.1) is 11.3 Å². The summed E-state index contributed by atoms with van der Waals surface area (Å²) < 4.78 is 6.14. The van der Waals surface area contributed by atoms with Crippen molar-refractivity contribution < 1.29 is 9.84 Å². The summed E-state index contributed by atoms with van der Waals surface area (Å²) in [4.78, 5) is 9.47. The Morgan fingerprint density at radius 3 is 2.49 bits per heavy atom. The summed E-state index contributed by atoms with van der Waals surface area (Å²) in [7, 11) is 0. The van der Waals surface area contributed by atoms with Crippen LogP contribution in [0.4, 0.5) is 5.69 Å². The lowest BCUT2D eigenvalue weighted by Gasteiger charge is -2.27. The Morgan fingerprint density at radius 1 is 1.00 bits per heavy atom. The van der Waals surface area contributed by atoms with E-state index in [1.54, 1.807) is 0 Å². The molecule has 0 aliphatic carbocycles. The Bertz CT molecular complexity index is 1220. The van der Waals surface area contributed by atoms with Crippen LogP contribution >= 0.6 is 11.6 Å². The van der Waals surface area contributed by atoms with Crippen LogP contribution in [0.2, 0.25) is 5.02 Å². The minimum absolute atomic E-state index is 0.432. The molecular weight excluding hydrogens is 482 g/mol. The van der Waals surface area contributed by atoms with Crippen LogP contribution in [0.25, 0.3) is 5.57 Å². The number of pyridine rings is 1. The molecule has 3 aromatic rings. The molecule has 2 aromatic carbocycles. The minimum atomic E-state index is -0.932. The summed E-state index contributed by atoms with van der Waals surface area (Å²) in [5, 5.41) is 11.4. The maximum absolute atomic E-state index is 10.7. The van der Waals surface area contributed by atoms with E-state index in [1.807, 2.05) is 50.4 Å². The molecule has 5 nitrogen and oxygen atoms in total. The number of nitrogens with zero attached hydrogens (tertiary/aromatic N) is 3. The molecule has 1 N–H and O–H groups in total. The van der Waals surface area contributed by atoms with E-state index in [9.17, 15) is 5.11 Å². The molecule has 1 aromatic heterocycles. The number of rotatable bonds is 10. The molecule has 0 spiro atoms. The van der Waals surface area contributed by atoms with Crippen LogP contribution in [0.1, 0.15) is 56.5 Å². The number of aliphatic hydroxyl groups is 1. The average Bonchev–Trinajstić information content (AvgIpc) is 3.05. The molecule has 0 amide bonds. The zero-order valence-electron chi connectivity index (χ0n) is 22.4. The van der Waals surface area contributed by atoms with Gasteiger partial charge in [0.25, 0.3) is 0 Å². The maximum Gasteiger partial charge on any atom is 0.131 e. The van der Waals surface area contributed by atoms with Gasteiger partial charge in [-0.15, -0.1) is 0 Å². The first kappa shape index (κ1) is 27.2. The summed E-state index contributed by atoms with van der Waals surface area (Å²) in [5.74, 6) is 0.825. The lowest BCUT2D eigenvalue weighted by atomic mass is 9.90. The Morgan fingerprint density at radius 2 is 1.78 bits per heavy atom. The van der Waals surface area contributed by atoms with Crippen LogP contribution in [0.3, 0.4) is 0 Å². The fourth-order valence-electron chi connectivity index (χ4n) is 4.76. The van der Waals surface area contributed by atoms with Crippen LogP contribution in [-0.2, 0) is 12.2 Å². The molecule has 0 bridgehead atoms. The first-order valence-electron chi connectivity index (χ1n) is 13.2. The third-order valence-corrected chi connectivity index (χ3v) is 7.27. The summed E-state index contributed by atoms with van der Waals surface area (Å²) in [5.41, 5.74) is 5.29. The summed E-state index contributed by atoms with van der Waals surface area (Å²) in [6.45, 7) is 13.3. The van der Waals surface area contributed by atoms with E-state index in [1.165, 1.54) is 5.69 Å². The van der Waals surface area contributed by atoms with Crippen molar-refractivity contribution in [1.82, 2.24) is 9.88 Å². The highest BCUT2D eigenvalue weighted by molar-refractivity contribution is 6.30. The summed E-state index contributed by atoms with van der Waals surface area (Å²) >= 11 is 6.08. The maximum atomic E-state index is 10.7. The average molecular weight is 520 g/mol. The number of hydrogen-bond donors (Lipinski definition) is 1. The van der Waals surface area contributed by atoms with Gasteiger partial charge < -0.3 is 19.6 Å². The van der Waals surface area contributed by atoms with Gasteiger partial charge in [-0.05, 0) is 87.3 Å². The molecule has 0 fully saturated rings. The summed E-state index contributed by atoms with van der Waals surface area (Å²) in [6, 6.07) is 18.2. The van der Waals surface area contributed by atoms with E-state index in [0.29, 0.717) is 6.61 Å². The van der Waals surface area contributed by atoms with Gasteiger partial charge in [-0.25, -0.2) is 0 Å². The van der Waals surface area contributed by atoms with E-state index >= 15 is 0 Å². The minimum Gasteiger partial charge on any atom is -0.487 e. The van der Waals surface area contributed by atoms with Crippen LogP contribution in [0.5, 0.6) is 5.75 Å². The molecule has 37 heavy (non-hydrogen) atoms. The van der Waals surface area contributed by atoms with Crippen LogP contribution in [-0.4, -0.2) is 47.7 Å². The monoisotopic (exact) mass is 519 g/mol.